The molecule has 2 aromatic rings. The molecule has 1 saturated carbocycles. The molecule has 0 bridgehead atoms. The Morgan fingerprint density at radius 1 is 1.21 bits per heavy atom. The number of hydrogen-bond donors (Lipinski definition) is 0. The predicted molar refractivity (Wildman–Crippen MR) is 97.4 cm³/mol. The van der Waals surface area contributed by atoms with E-state index in [-0.39, 0.29) is 17.5 Å². The number of aromatic nitrogens is 3. The van der Waals surface area contributed by atoms with Crippen LogP contribution in [0.2, 0.25) is 0 Å². The number of benzene rings is 1. The minimum absolute atomic E-state index is 0.112. The van der Waals surface area contributed by atoms with Gasteiger partial charge in [-0.25, -0.2) is 18.3 Å². The van der Waals surface area contributed by atoms with Gasteiger partial charge in [0.15, 0.2) is 0 Å². The number of hydrogen-bond acceptors (Lipinski definition) is 3. The van der Waals surface area contributed by atoms with E-state index in [9.17, 15) is 13.6 Å². The second kappa shape index (κ2) is 6.53. The van der Waals surface area contributed by atoms with Crippen molar-refractivity contribution in [3.8, 4) is 0 Å². The molecule has 1 atom stereocenters. The Labute approximate surface area is 162 Å². The van der Waals surface area contributed by atoms with Gasteiger partial charge in [0.05, 0.1) is 12.2 Å². The maximum Gasteiger partial charge on any atom is 0.320 e. The molecule has 3 heterocycles. The van der Waals surface area contributed by atoms with Crippen molar-refractivity contribution in [3.63, 3.8) is 0 Å². The van der Waals surface area contributed by atoms with Crippen LogP contribution >= 0.6 is 0 Å². The van der Waals surface area contributed by atoms with Crippen molar-refractivity contribution in [2.75, 3.05) is 26.2 Å². The molecule has 5 rings (SSSR count). The zero-order valence-corrected chi connectivity index (χ0v) is 15.6. The highest BCUT2D eigenvalue weighted by Crippen LogP contribution is 2.53. The van der Waals surface area contributed by atoms with Crippen molar-refractivity contribution in [1.29, 1.82) is 0 Å². The van der Waals surface area contributed by atoms with Crippen LogP contribution in [0.3, 0.4) is 0 Å². The standard InChI is InChI=1S/C20H23F2N5O/c21-16-2-1-15(18(22)8-16)7-14-9-20(10-14)12-26(13-20)19(28)25-5-3-17(11-25)27-6-4-23-24-27/h1-2,4,6,8,14,17H,3,5,7,9-13H2/t17-/m0/s1. The topological polar surface area (TPSA) is 54.3 Å². The quantitative estimate of drug-likeness (QED) is 0.814. The van der Waals surface area contributed by atoms with Gasteiger partial charge in [0.25, 0.3) is 0 Å². The van der Waals surface area contributed by atoms with Crippen LogP contribution in [0, 0.1) is 23.0 Å². The molecule has 3 fully saturated rings. The van der Waals surface area contributed by atoms with Gasteiger partial charge in [-0.2, -0.15) is 0 Å². The summed E-state index contributed by atoms with van der Waals surface area (Å²) in [7, 11) is 0. The lowest BCUT2D eigenvalue weighted by atomic mass is 9.56. The Morgan fingerprint density at radius 2 is 2.04 bits per heavy atom. The van der Waals surface area contributed by atoms with Crippen LogP contribution in [-0.2, 0) is 6.42 Å². The first-order chi connectivity index (χ1) is 13.5. The van der Waals surface area contributed by atoms with E-state index in [1.165, 1.54) is 6.07 Å². The van der Waals surface area contributed by atoms with Crippen molar-refractivity contribution in [2.45, 2.75) is 31.7 Å². The number of amides is 2. The molecule has 28 heavy (non-hydrogen) atoms. The van der Waals surface area contributed by atoms with E-state index in [0.717, 1.165) is 45.0 Å². The Morgan fingerprint density at radius 3 is 2.75 bits per heavy atom. The molecule has 0 N–H and O–H groups in total. The third kappa shape index (κ3) is 3.04. The van der Waals surface area contributed by atoms with E-state index in [4.69, 9.17) is 0 Å². The molecule has 6 nitrogen and oxygen atoms in total. The first-order valence-corrected chi connectivity index (χ1v) is 9.85. The summed E-state index contributed by atoms with van der Waals surface area (Å²) in [5.41, 5.74) is 0.798. The van der Waals surface area contributed by atoms with Gasteiger partial charge in [0, 0.05) is 43.9 Å². The van der Waals surface area contributed by atoms with Crippen molar-refractivity contribution in [1.82, 2.24) is 24.8 Å². The number of carbonyl (C=O) groups excluding carboxylic acids is 1. The lowest BCUT2D eigenvalue weighted by Gasteiger charge is -2.59. The van der Waals surface area contributed by atoms with E-state index in [1.807, 2.05) is 20.7 Å². The van der Waals surface area contributed by atoms with E-state index in [0.29, 0.717) is 24.4 Å². The zero-order chi connectivity index (χ0) is 19.3. The highest BCUT2D eigenvalue weighted by atomic mass is 19.1. The van der Waals surface area contributed by atoms with Crippen molar-refractivity contribution < 1.29 is 13.6 Å². The second-order valence-electron chi connectivity index (χ2n) is 8.62. The van der Waals surface area contributed by atoms with Gasteiger partial charge in [0.2, 0.25) is 0 Å². The van der Waals surface area contributed by atoms with Gasteiger partial charge < -0.3 is 9.80 Å². The molecule has 2 amide bonds. The van der Waals surface area contributed by atoms with E-state index < -0.39 is 11.6 Å². The number of nitrogens with zero attached hydrogens (tertiary/aromatic N) is 5. The van der Waals surface area contributed by atoms with E-state index in [1.54, 1.807) is 12.3 Å². The first kappa shape index (κ1) is 17.6. The number of halogens is 2. The average molecular weight is 387 g/mol. The van der Waals surface area contributed by atoms with Gasteiger partial charge in [-0.15, -0.1) is 5.10 Å². The third-order valence-corrected chi connectivity index (χ3v) is 6.54. The van der Waals surface area contributed by atoms with Crippen molar-refractivity contribution in [2.24, 2.45) is 11.3 Å². The van der Waals surface area contributed by atoms with Crippen LogP contribution in [0.25, 0.3) is 0 Å². The van der Waals surface area contributed by atoms with Gasteiger partial charge in [0.1, 0.15) is 11.6 Å². The summed E-state index contributed by atoms with van der Waals surface area (Å²) in [6.45, 7) is 3.01. The number of likely N-dealkylation sites (tertiary alicyclic amines) is 2. The summed E-state index contributed by atoms with van der Waals surface area (Å²) in [4.78, 5) is 16.6. The summed E-state index contributed by atoms with van der Waals surface area (Å²) in [6.07, 6.45) is 7.07. The Hall–Kier alpha value is -2.51. The van der Waals surface area contributed by atoms with E-state index in [2.05, 4.69) is 10.3 Å². The van der Waals surface area contributed by atoms with Crippen LogP contribution in [-0.4, -0.2) is 57.0 Å². The molecular weight excluding hydrogens is 364 g/mol. The van der Waals surface area contributed by atoms with Crippen LogP contribution in [0.5, 0.6) is 0 Å². The van der Waals surface area contributed by atoms with Crippen molar-refractivity contribution in [3.05, 3.63) is 47.8 Å². The van der Waals surface area contributed by atoms with Crippen molar-refractivity contribution >= 4 is 6.03 Å². The number of carbonyl (C=O) groups is 1. The smallest absolute Gasteiger partial charge is 0.320 e. The Bertz CT molecular complexity index is 873. The molecule has 2 aliphatic heterocycles. The third-order valence-electron chi connectivity index (χ3n) is 6.54. The molecule has 8 heteroatoms. The van der Waals surface area contributed by atoms with Crippen LogP contribution < -0.4 is 0 Å². The molecule has 1 aromatic carbocycles. The average Bonchev–Trinajstić information content (AvgIpc) is 3.28. The molecule has 2 saturated heterocycles. The Balaban J connectivity index is 1.10. The van der Waals surface area contributed by atoms with Crippen LogP contribution in [0.1, 0.15) is 30.9 Å². The predicted octanol–water partition coefficient (Wildman–Crippen LogP) is 2.88. The SMILES string of the molecule is O=C(N1CC[C@H](n2ccnn2)C1)N1CC2(CC(Cc3ccc(F)cc3F)C2)C1. The maximum absolute atomic E-state index is 13.8. The fourth-order valence-corrected chi connectivity index (χ4v) is 5.21. The van der Waals surface area contributed by atoms with Gasteiger partial charge in [-0.3, -0.25) is 0 Å². The highest BCUT2D eigenvalue weighted by molar-refractivity contribution is 5.76. The number of rotatable bonds is 3. The molecular formula is C20H23F2N5O. The summed E-state index contributed by atoms with van der Waals surface area (Å²) in [5.74, 6) is -0.574. The van der Waals surface area contributed by atoms with E-state index >= 15 is 0 Å². The maximum atomic E-state index is 13.8. The summed E-state index contributed by atoms with van der Waals surface area (Å²) in [6, 6.07) is 4.14. The fraction of sp³-hybridized carbons (Fsp3) is 0.550. The zero-order valence-electron chi connectivity index (χ0n) is 15.6. The van der Waals surface area contributed by atoms with Gasteiger partial charge >= 0.3 is 6.03 Å². The fourth-order valence-electron chi connectivity index (χ4n) is 5.21. The number of urea groups is 1. The van der Waals surface area contributed by atoms with Crippen LogP contribution in [0.15, 0.2) is 30.6 Å². The molecule has 1 spiro atoms. The normalized spacial score (nSPS) is 23.7. The summed E-state index contributed by atoms with van der Waals surface area (Å²) in [5, 5.41) is 7.88. The lowest BCUT2D eigenvalue weighted by Crippen LogP contribution is -2.65. The second-order valence-corrected chi connectivity index (χ2v) is 8.62. The summed E-state index contributed by atoms with van der Waals surface area (Å²) >= 11 is 0. The molecule has 1 aliphatic carbocycles. The monoisotopic (exact) mass is 387 g/mol. The van der Waals surface area contributed by atoms with Gasteiger partial charge in [-0.05, 0) is 43.2 Å². The molecule has 0 unspecified atom stereocenters. The Kier molecular flexibility index (Phi) is 4.10. The minimum atomic E-state index is -0.535. The summed E-state index contributed by atoms with van der Waals surface area (Å²) < 4.78 is 28.7. The molecule has 148 valence electrons. The molecule has 0 radical (unpaired) electrons. The molecule has 1 aromatic heterocycles. The molecule has 3 aliphatic rings. The highest BCUT2D eigenvalue weighted by Gasteiger charge is 2.54. The largest absolute Gasteiger partial charge is 0.323 e. The van der Waals surface area contributed by atoms with Gasteiger partial charge in [-0.1, -0.05) is 11.3 Å². The lowest BCUT2D eigenvalue weighted by molar-refractivity contribution is -0.0756. The first-order valence-electron chi connectivity index (χ1n) is 9.85. The minimum Gasteiger partial charge on any atom is -0.323 e. The van der Waals surface area contributed by atoms with Crippen LogP contribution in [0.4, 0.5) is 13.6 Å².